The second kappa shape index (κ2) is 3.14. The lowest BCUT2D eigenvalue weighted by molar-refractivity contribution is -0.137. The van der Waals surface area contributed by atoms with E-state index in [4.69, 9.17) is 4.74 Å². The van der Waals surface area contributed by atoms with Gasteiger partial charge in [0.2, 0.25) is 5.91 Å². The summed E-state index contributed by atoms with van der Waals surface area (Å²) in [7, 11) is 0. The molecule has 0 fully saturated rings. The number of esters is 1. The number of hydrogen-bond donors (Lipinski definition) is 1. The van der Waals surface area contributed by atoms with Gasteiger partial charge in [-0.3, -0.25) is 4.79 Å². The highest BCUT2D eigenvalue weighted by Crippen LogP contribution is 2.32. The van der Waals surface area contributed by atoms with Gasteiger partial charge in [-0.15, -0.1) is 0 Å². The van der Waals surface area contributed by atoms with Gasteiger partial charge in [0.25, 0.3) is 0 Å². The molecule has 2 rings (SSSR count). The monoisotopic (exact) mass is 191 g/mol. The van der Waals surface area contributed by atoms with Crippen LogP contribution in [-0.2, 0) is 9.59 Å². The maximum atomic E-state index is 11.3. The molecule has 0 saturated carbocycles. The van der Waals surface area contributed by atoms with E-state index in [0.29, 0.717) is 11.3 Å². The molecule has 14 heavy (non-hydrogen) atoms. The van der Waals surface area contributed by atoms with E-state index in [1.54, 1.807) is 24.3 Å². The Bertz CT molecular complexity index is 400. The number of benzene rings is 1. The van der Waals surface area contributed by atoms with Gasteiger partial charge in [-0.1, -0.05) is 18.2 Å². The van der Waals surface area contributed by atoms with Gasteiger partial charge in [-0.05, 0) is 6.07 Å². The van der Waals surface area contributed by atoms with Crippen molar-refractivity contribution in [3.63, 3.8) is 0 Å². The average molecular weight is 191 g/mol. The van der Waals surface area contributed by atoms with Gasteiger partial charge in [0, 0.05) is 12.5 Å². The highest BCUT2D eigenvalue weighted by atomic mass is 16.5. The summed E-state index contributed by atoms with van der Waals surface area (Å²) < 4.78 is 4.97. The van der Waals surface area contributed by atoms with Gasteiger partial charge in [-0.2, -0.15) is 0 Å². The minimum Gasteiger partial charge on any atom is -0.424 e. The van der Waals surface area contributed by atoms with Crippen LogP contribution in [0.3, 0.4) is 0 Å². The summed E-state index contributed by atoms with van der Waals surface area (Å²) >= 11 is 0. The molecule has 1 aromatic rings. The molecule has 0 bridgehead atoms. The molecule has 0 saturated heterocycles. The summed E-state index contributed by atoms with van der Waals surface area (Å²) in [5.41, 5.74) is 0.715. The second-order valence-electron chi connectivity index (χ2n) is 3.09. The van der Waals surface area contributed by atoms with Crippen molar-refractivity contribution in [2.45, 2.75) is 13.0 Å². The molecular weight excluding hydrogens is 182 g/mol. The van der Waals surface area contributed by atoms with Crippen LogP contribution in [0.15, 0.2) is 24.3 Å². The van der Waals surface area contributed by atoms with Crippen molar-refractivity contribution in [1.29, 1.82) is 0 Å². The summed E-state index contributed by atoms with van der Waals surface area (Å²) in [5.74, 6) is -0.152. The van der Waals surface area contributed by atoms with Gasteiger partial charge in [0.05, 0.1) is 0 Å². The lowest BCUT2D eigenvalue weighted by Crippen LogP contribution is -2.30. The largest absolute Gasteiger partial charge is 0.424 e. The van der Waals surface area contributed by atoms with Crippen LogP contribution < -0.4 is 10.1 Å². The first-order chi connectivity index (χ1) is 6.68. The van der Waals surface area contributed by atoms with Gasteiger partial charge in [-0.25, -0.2) is 4.79 Å². The third-order valence-electron chi connectivity index (χ3n) is 2.02. The molecule has 0 aliphatic carbocycles. The van der Waals surface area contributed by atoms with Crippen molar-refractivity contribution in [3.8, 4) is 5.75 Å². The van der Waals surface area contributed by atoms with Gasteiger partial charge >= 0.3 is 5.97 Å². The van der Waals surface area contributed by atoms with Crippen LogP contribution in [0.2, 0.25) is 0 Å². The summed E-state index contributed by atoms with van der Waals surface area (Å²) in [5, 5.41) is 2.53. The van der Waals surface area contributed by atoms with Crippen molar-refractivity contribution in [1.82, 2.24) is 5.32 Å². The summed E-state index contributed by atoms with van der Waals surface area (Å²) in [6, 6.07) is 6.40. The first-order valence-electron chi connectivity index (χ1n) is 4.26. The van der Waals surface area contributed by atoms with Crippen LogP contribution in [-0.4, -0.2) is 11.9 Å². The highest BCUT2D eigenvalue weighted by molar-refractivity contribution is 5.89. The van der Waals surface area contributed by atoms with Gasteiger partial charge < -0.3 is 10.1 Å². The number of para-hydroxylation sites is 1. The molecule has 0 aromatic heterocycles. The summed E-state index contributed by atoms with van der Waals surface area (Å²) in [6.07, 6.45) is 0. The van der Waals surface area contributed by atoms with Crippen LogP contribution in [0.25, 0.3) is 0 Å². The normalized spacial score (nSPS) is 18.6. The van der Waals surface area contributed by atoms with Crippen molar-refractivity contribution in [3.05, 3.63) is 29.8 Å². The third kappa shape index (κ3) is 1.35. The summed E-state index contributed by atoms with van der Waals surface area (Å²) in [4.78, 5) is 22.2. The zero-order valence-electron chi connectivity index (χ0n) is 7.61. The zero-order chi connectivity index (χ0) is 10.1. The van der Waals surface area contributed by atoms with E-state index in [-0.39, 0.29) is 5.91 Å². The van der Waals surface area contributed by atoms with E-state index in [1.807, 2.05) is 0 Å². The van der Waals surface area contributed by atoms with E-state index in [2.05, 4.69) is 5.32 Å². The zero-order valence-corrected chi connectivity index (χ0v) is 7.61. The minimum absolute atomic E-state index is 0.247. The Morgan fingerprint density at radius 1 is 1.43 bits per heavy atom. The first-order valence-corrected chi connectivity index (χ1v) is 4.26. The molecule has 1 atom stereocenters. The molecule has 1 unspecified atom stereocenters. The maximum absolute atomic E-state index is 11.3. The number of ether oxygens (including phenoxy) is 1. The number of amides is 1. The Morgan fingerprint density at radius 3 is 2.86 bits per heavy atom. The smallest absolute Gasteiger partial charge is 0.338 e. The molecule has 1 heterocycles. The van der Waals surface area contributed by atoms with Crippen molar-refractivity contribution in [2.75, 3.05) is 0 Å². The van der Waals surface area contributed by atoms with Crippen molar-refractivity contribution >= 4 is 11.9 Å². The quantitative estimate of drug-likeness (QED) is 0.527. The van der Waals surface area contributed by atoms with Crippen LogP contribution in [0.1, 0.15) is 18.5 Å². The number of carbonyl (C=O) groups is 2. The predicted octanol–water partition coefficient (Wildman–Crippen LogP) is 0.783. The fraction of sp³-hybridized carbons (Fsp3) is 0.200. The maximum Gasteiger partial charge on any atom is 0.338 e. The molecule has 0 spiro atoms. The van der Waals surface area contributed by atoms with E-state index in [0.717, 1.165) is 0 Å². The standard InChI is InChI=1S/C10H9NO3/c1-6(12)11-9-7-4-2-3-5-8(7)14-10(9)13/h2-5,9H,1H3,(H,11,12). The molecule has 1 aliphatic rings. The Hall–Kier alpha value is -1.84. The van der Waals surface area contributed by atoms with Gasteiger partial charge in [0.15, 0.2) is 6.04 Å². The Morgan fingerprint density at radius 2 is 2.14 bits per heavy atom. The molecule has 0 radical (unpaired) electrons. The number of nitrogens with one attached hydrogen (secondary N) is 1. The molecular formula is C10H9NO3. The Labute approximate surface area is 80.9 Å². The number of fused-ring (bicyclic) bond motifs is 1. The minimum atomic E-state index is -0.649. The molecule has 1 N–H and O–H groups in total. The lowest BCUT2D eigenvalue weighted by atomic mass is 10.1. The van der Waals surface area contributed by atoms with E-state index >= 15 is 0 Å². The predicted molar refractivity (Wildman–Crippen MR) is 48.6 cm³/mol. The molecule has 72 valence electrons. The van der Waals surface area contributed by atoms with Crippen LogP contribution in [0.5, 0.6) is 5.75 Å². The first kappa shape index (κ1) is 8.74. The Balaban J connectivity index is 2.34. The third-order valence-corrected chi connectivity index (χ3v) is 2.02. The highest BCUT2D eigenvalue weighted by Gasteiger charge is 2.33. The number of hydrogen-bond acceptors (Lipinski definition) is 3. The SMILES string of the molecule is CC(=O)NC1C(=O)Oc2ccccc21. The fourth-order valence-electron chi connectivity index (χ4n) is 1.45. The van der Waals surface area contributed by atoms with Crippen LogP contribution in [0, 0.1) is 0 Å². The number of carbonyl (C=O) groups excluding carboxylic acids is 2. The Kier molecular flexibility index (Phi) is 1.96. The molecule has 4 nitrogen and oxygen atoms in total. The molecule has 1 amide bonds. The molecule has 1 aromatic carbocycles. The van der Waals surface area contributed by atoms with Crippen molar-refractivity contribution in [2.24, 2.45) is 0 Å². The van der Waals surface area contributed by atoms with E-state index < -0.39 is 12.0 Å². The second-order valence-corrected chi connectivity index (χ2v) is 3.09. The van der Waals surface area contributed by atoms with Crippen LogP contribution in [0.4, 0.5) is 0 Å². The fourth-order valence-corrected chi connectivity index (χ4v) is 1.45. The van der Waals surface area contributed by atoms with Gasteiger partial charge in [0.1, 0.15) is 5.75 Å². The van der Waals surface area contributed by atoms with E-state index in [1.165, 1.54) is 6.92 Å². The van der Waals surface area contributed by atoms with Crippen LogP contribution >= 0.6 is 0 Å². The van der Waals surface area contributed by atoms with E-state index in [9.17, 15) is 9.59 Å². The topological polar surface area (TPSA) is 55.4 Å². The number of rotatable bonds is 1. The summed E-state index contributed by atoms with van der Waals surface area (Å²) in [6.45, 7) is 1.37. The average Bonchev–Trinajstić information content (AvgIpc) is 2.43. The lowest BCUT2D eigenvalue weighted by Gasteiger charge is -2.06. The molecule has 4 heteroatoms. The molecule has 1 aliphatic heterocycles. The van der Waals surface area contributed by atoms with Crippen molar-refractivity contribution < 1.29 is 14.3 Å².